The molecule has 0 unspecified atom stereocenters. The third-order valence-corrected chi connectivity index (χ3v) is 3.19. The van der Waals surface area contributed by atoms with Gasteiger partial charge in [0.05, 0.1) is 11.7 Å². The van der Waals surface area contributed by atoms with Gasteiger partial charge in [0, 0.05) is 18.4 Å². The van der Waals surface area contributed by atoms with Crippen LogP contribution in [0.5, 0.6) is 5.75 Å². The van der Waals surface area contributed by atoms with Gasteiger partial charge in [-0.1, -0.05) is 0 Å². The molecule has 3 aromatic rings. The number of pyridine rings is 1. The zero-order valence-electron chi connectivity index (χ0n) is 11.3. The summed E-state index contributed by atoms with van der Waals surface area (Å²) >= 11 is 0. The van der Waals surface area contributed by atoms with E-state index >= 15 is 0 Å². The number of anilines is 1. The summed E-state index contributed by atoms with van der Waals surface area (Å²) in [4.78, 5) is 8.67. The third-order valence-electron chi connectivity index (χ3n) is 3.19. The van der Waals surface area contributed by atoms with Crippen molar-refractivity contribution in [2.75, 3.05) is 5.73 Å². The van der Waals surface area contributed by atoms with E-state index in [1.54, 1.807) is 12.4 Å². The maximum absolute atomic E-state index is 5.76. The number of ether oxygens (including phenoxy) is 1. The molecule has 0 spiro atoms. The van der Waals surface area contributed by atoms with Crippen LogP contribution in [0.3, 0.4) is 0 Å². The average molecular weight is 268 g/mol. The molecule has 0 fully saturated rings. The SMILES string of the molecule is CCn1c(COc2ccc(N)cc2)nc2cnccc21. The van der Waals surface area contributed by atoms with Crippen LogP contribution in [0.15, 0.2) is 42.7 Å². The van der Waals surface area contributed by atoms with Gasteiger partial charge in [0.2, 0.25) is 0 Å². The Labute approximate surface area is 117 Å². The van der Waals surface area contributed by atoms with Crippen molar-refractivity contribution in [2.45, 2.75) is 20.1 Å². The van der Waals surface area contributed by atoms with Gasteiger partial charge in [-0.3, -0.25) is 4.98 Å². The minimum Gasteiger partial charge on any atom is -0.486 e. The molecule has 0 saturated heterocycles. The van der Waals surface area contributed by atoms with Gasteiger partial charge < -0.3 is 15.0 Å². The second-order valence-electron chi connectivity index (χ2n) is 4.49. The summed E-state index contributed by atoms with van der Waals surface area (Å²) in [5, 5.41) is 0. The second kappa shape index (κ2) is 5.21. The summed E-state index contributed by atoms with van der Waals surface area (Å²) in [6, 6.07) is 9.33. The first-order valence-electron chi connectivity index (χ1n) is 6.55. The fourth-order valence-corrected chi connectivity index (χ4v) is 2.21. The zero-order chi connectivity index (χ0) is 13.9. The maximum Gasteiger partial charge on any atom is 0.148 e. The lowest BCUT2D eigenvalue weighted by atomic mass is 10.3. The van der Waals surface area contributed by atoms with Crippen LogP contribution in [-0.4, -0.2) is 14.5 Å². The van der Waals surface area contributed by atoms with Crippen molar-refractivity contribution in [3.8, 4) is 5.75 Å². The highest BCUT2D eigenvalue weighted by atomic mass is 16.5. The molecule has 5 heteroatoms. The van der Waals surface area contributed by atoms with Crippen LogP contribution in [-0.2, 0) is 13.2 Å². The average Bonchev–Trinajstić information content (AvgIpc) is 2.84. The molecular formula is C15H16N4O. The zero-order valence-corrected chi connectivity index (χ0v) is 11.3. The van der Waals surface area contributed by atoms with Crippen molar-refractivity contribution in [1.29, 1.82) is 0 Å². The predicted octanol–water partition coefficient (Wildman–Crippen LogP) is 2.61. The number of rotatable bonds is 4. The first kappa shape index (κ1) is 12.5. The van der Waals surface area contributed by atoms with E-state index in [0.717, 1.165) is 34.8 Å². The molecule has 2 aromatic heterocycles. The van der Waals surface area contributed by atoms with E-state index in [4.69, 9.17) is 10.5 Å². The van der Waals surface area contributed by atoms with Crippen molar-refractivity contribution in [3.63, 3.8) is 0 Å². The smallest absolute Gasteiger partial charge is 0.148 e. The Hall–Kier alpha value is -2.56. The molecule has 5 nitrogen and oxygen atoms in total. The van der Waals surface area contributed by atoms with Gasteiger partial charge in [0.15, 0.2) is 0 Å². The summed E-state index contributed by atoms with van der Waals surface area (Å²) < 4.78 is 7.89. The predicted molar refractivity (Wildman–Crippen MR) is 78.4 cm³/mol. The Kier molecular flexibility index (Phi) is 3.25. The molecule has 0 atom stereocenters. The number of aryl methyl sites for hydroxylation is 1. The summed E-state index contributed by atoms with van der Waals surface area (Å²) in [5.41, 5.74) is 8.35. The van der Waals surface area contributed by atoms with Crippen molar-refractivity contribution in [2.24, 2.45) is 0 Å². The minimum absolute atomic E-state index is 0.423. The molecule has 102 valence electrons. The van der Waals surface area contributed by atoms with E-state index in [0.29, 0.717) is 6.61 Å². The van der Waals surface area contributed by atoms with E-state index in [9.17, 15) is 0 Å². The van der Waals surface area contributed by atoms with Gasteiger partial charge in [-0.2, -0.15) is 0 Å². The fourth-order valence-electron chi connectivity index (χ4n) is 2.21. The van der Waals surface area contributed by atoms with E-state index < -0.39 is 0 Å². The molecule has 0 bridgehead atoms. The van der Waals surface area contributed by atoms with Crippen LogP contribution in [0.1, 0.15) is 12.7 Å². The van der Waals surface area contributed by atoms with Crippen LogP contribution >= 0.6 is 0 Å². The molecule has 0 aliphatic rings. The van der Waals surface area contributed by atoms with Gasteiger partial charge in [-0.25, -0.2) is 4.98 Å². The lowest BCUT2D eigenvalue weighted by Gasteiger charge is -2.08. The Bertz CT molecular complexity index is 718. The number of nitrogens with zero attached hydrogens (tertiary/aromatic N) is 3. The van der Waals surface area contributed by atoms with E-state index in [1.807, 2.05) is 30.3 Å². The molecule has 1 aromatic carbocycles. The molecule has 0 saturated carbocycles. The summed E-state index contributed by atoms with van der Waals surface area (Å²) in [5.74, 6) is 1.68. The summed E-state index contributed by atoms with van der Waals surface area (Å²) in [7, 11) is 0. The molecule has 0 amide bonds. The van der Waals surface area contributed by atoms with Crippen LogP contribution in [0.25, 0.3) is 11.0 Å². The van der Waals surface area contributed by atoms with Gasteiger partial charge in [-0.05, 0) is 37.3 Å². The molecule has 3 rings (SSSR count). The number of nitrogens with two attached hydrogens (primary N) is 1. The summed E-state index contributed by atoms with van der Waals surface area (Å²) in [6.07, 6.45) is 3.55. The Morgan fingerprint density at radius 1 is 1.20 bits per heavy atom. The van der Waals surface area contributed by atoms with Crippen LogP contribution in [0, 0.1) is 0 Å². The number of benzene rings is 1. The van der Waals surface area contributed by atoms with Crippen LogP contribution < -0.4 is 10.5 Å². The normalized spacial score (nSPS) is 10.8. The fraction of sp³-hybridized carbons (Fsp3) is 0.200. The van der Waals surface area contributed by atoms with E-state index in [1.165, 1.54) is 0 Å². The highest BCUT2D eigenvalue weighted by molar-refractivity contribution is 5.74. The molecule has 0 aliphatic carbocycles. The van der Waals surface area contributed by atoms with Crippen LogP contribution in [0.4, 0.5) is 5.69 Å². The highest BCUT2D eigenvalue weighted by Gasteiger charge is 2.09. The molecule has 2 N–H and O–H groups in total. The first-order chi connectivity index (χ1) is 9.78. The Morgan fingerprint density at radius 3 is 2.75 bits per heavy atom. The lowest BCUT2D eigenvalue weighted by Crippen LogP contribution is -2.06. The number of imidazole rings is 1. The quantitative estimate of drug-likeness (QED) is 0.739. The number of hydrogen-bond acceptors (Lipinski definition) is 4. The van der Waals surface area contributed by atoms with Gasteiger partial charge >= 0.3 is 0 Å². The Morgan fingerprint density at radius 2 is 2.00 bits per heavy atom. The number of aromatic nitrogens is 3. The van der Waals surface area contributed by atoms with Gasteiger partial charge in [0.1, 0.15) is 23.7 Å². The topological polar surface area (TPSA) is 66.0 Å². The third kappa shape index (κ3) is 2.30. The van der Waals surface area contributed by atoms with Crippen molar-refractivity contribution in [3.05, 3.63) is 48.5 Å². The van der Waals surface area contributed by atoms with Crippen LogP contribution in [0.2, 0.25) is 0 Å². The molecule has 0 radical (unpaired) electrons. The van der Waals surface area contributed by atoms with Crippen molar-refractivity contribution in [1.82, 2.24) is 14.5 Å². The molecule has 0 aliphatic heterocycles. The Balaban J connectivity index is 1.85. The molecule has 2 heterocycles. The maximum atomic E-state index is 5.76. The summed E-state index contributed by atoms with van der Waals surface area (Å²) in [6.45, 7) is 3.36. The van der Waals surface area contributed by atoms with Gasteiger partial charge in [-0.15, -0.1) is 0 Å². The molecular weight excluding hydrogens is 252 g/mol. The van der Waals surface area contributed by atoms with Gasteiger partial charge in [0.25, 0.3) is 0 Å². The second-order valence-corrected chi connectivity index (χ2v) is 4.49. The number of hydrogen-bond donors (Lipinski definition) is 1. The van der Waals surface area contributed by atoms with Crippen molar-refractivity contribution >= 4 is 16.7 Å². The van der Waals surface area contributed by atoms with E-state index in [-0.39, 0.29) is 0 Å². The van der Waals surface area contributed by atoms with Crippen molar-refractivity contribution < 1.29 is 4.74 Å². The number of fused-ring (bicyclic) bond motifs is 1. The highest BCUT2D eigenvalue weighted by Crippen LogP contribution is 2.18. The number of nitrogen functional groups attached to an aromatic ring is 1. The van der Waals surface area contributed by atoms with E-state index in [2.05, 4.69) is 21.5 Å². The minimum atomic E-state index is 0.423. The standard InChI is InChI=1S/C15H16N4O/c1-2-19-14-7-8-17-9-13(14)18-15(19)10-20-12-5-3-11(16)4-6-12/h3-9H,2,10,16H2,1H3. The first-order valence-corrected chi connectivity index (χ1v) is 6.55. The largest absolute Gasteiger partial charge is 0.486 e. The molecule has 20 heavy (non-hydrogen) atoms. The monoisotopic (exact) mass is 268 g/mol. The lowest BCUT2D eigenvalue weighted by molar-refractivity contribution is 0.291.